The molecular formula is C22H26FN5O3. The second-order valence-electron chi connectivity index (χ2n) is 8.72. The molecule has 0 aromatic carbocycles. The number of hydrogen-bond donors (Lipinski definition) is 0. The van der Waals surface area contributed by atoms with Gasteiger partial charge in [-0.1, -0.05) is 0 Å². The minimum Gasteiger partial charge on any atom is -0.471 e. The second kappa shape index (κ2) is 7.62. The Morgan fingerprint density at radius 3 is 2.87 bits per heavy atom. The lowest BCUT2D eigenvalue weighted by Crippen LogP contribution is -2.50. The maximum atomic E-state index is 14.9. The van der Waals surface area contributed by atoms with Crippen molar-refractivity contribution < 1.29 is 18.7 Å². The number of nitrogens with zero attached hydrogens (tertiary/aromatic N) is 5. The number of rotatable bonds is 4. The van der Waals surface area contributed by atoms with Gasteiger partial charge in [-0.15, -0.1) is 0 Å². The molecule has 2 unspecified atom stereocenters. The molecule has 0 N–H and O–H groups in total. The third-order valence-corrected chi connectivity index (χ3v) is 6.29. The standard InChI is InChI=1S/C22H26FN5O3/c1-14-19(28-11-5-16-17(28)4-3-9-24-16)25-13-26-20(14)30-18-6-10-27(12-15(18)23)21(29)31-22(2)7-8-22/h3-4,9,13,15,18H,5-8,10-12H2,1-2H3. The zero-order valence-electron chi connectivity index (χ0n) is 17.8. The quantitative estimate of drug-likeness (QED) is 0.740. The van der Waals surface area contributed by atoms with Crippen molar-refractivity contribution in [1.29, 1.82) is 0 Å². The molecule has 2 aliphatic heterocycles. The average molecular weight is 427 g/mol. The lowest BCUT2D eigenvalue weighted by atomic mass is 10.1. The molecule has 1 aliphatic carbocycles. The van der Waals surface area contributed by atoms with E-state index in [-0.39, 0.29) is 12.1 Å². The molecule has 2 fully saturated rings. The molecule has 4 heterocycles. The normalized spacial score (nSPS) is 24.0. The average Bonchev–Trinajstić information content (AvgIpc) is 3.32. The van der Waals surface area contributed by atoms with Gasteiger partial charge in [-0.25, -0.2) is 19.2 Å². The van der Waals surface area contributed by atoms with Crippen LogP contribution in [0.15, 0.2) is 24.7 Å². The van der Waals surface area contributed by atoms with E-state index >= 15 is 0 Å². The summed E-state index contributed by atoms with van der Waals surface area (Å²) in [7, 11) is 0. The summed E-state index contributed by atoms with van der Waals surface area (Å²) in [4.78, 5) is 28.9. The van der Waals surface area contributed by atoms with Crippen molar-refractivity contribution in [3.05, 3.63) is 35.9 Å². The van der Waals surface area contributed by atoms with Crippen molar-refractivity contribution >= 4 is 17.6 Å². The summed E-state index contributed by atoms with van der Waals surface area (Å²) in [5, 5.41) is 0. The van der Waals surface area contributed by atoms with Crippen molar-refractivity contribution in [3.63, 3.8) is 0 Å². The predicted octanol–water partition coefficient (Wildman–Crippen LogP) is 3.35. The molecule has 164 valence electrons. The summed E-state index contributed by atoms with van der Waals surface area (Å²) in [6.07, 6.45) is 3.76. The molecule has 8 nitrogen and oxygen atoms in total. The van der Waals surface area contributed by atoms with E-state index in [9.17, 15) is 9.18 Å². The number of pyridine rings is 1. The number of carbonyl (C=O) groups excluding carboxylic acids is 1. The van der Waals surface area contributed by atoms with Crippen LogP contribution in [0.25, 0.3) is 0 Å². The second-order valence-corrected chi connectivity index (χ2v) is 8.72. The number of halogens is 1. The van der Waals surface area contributed by atoms with E-state index in [4.69, 9.17) is 9.47 Å². The Labute approximate surface area is 180 Å². The van der Waals surface area contributed by atoms with Crippen LogP contribution in [-0.4, -0.2) is 63.5 Å². The van der Waals surface area contributed by atoms with Crippen LogP contribution in [0.1, 0.15) is 37.4 Å². The number of amides is 1. The van der Waals surface area contributed by atoms with Gasteiger partial charge in [-0.3, -0.25) is 4.98 Å². The Balaban J connectivity index is 1.27. The topological polar surface area (TPSA) is 80.7 Å². The number of piperidine rings is 1. The van der Waals surface area contributed by atoms with Gasteiger partial charge in [0.2, 0.25) is 5.88 Å². The van der Waals surface area contributed by atoms with Crippen molar-refractivity contribution in [2.24, 2.45) is 0 Å². The molecular weight excluding hydrogens is 401 g/mol. The Morgan fingerprint density at radius 2 is 2.10 bits per heavy atom. The van der Waals surface area contributed by atoms with Crippen LogP contribution in [0.3, 0.4) is 0 Å². The first-order valence-electron chi connectivity index (χ1n) is 10.8. The van der Waals surface area contributed by atoms with Gasteiger partial charge in [-0.05, 0) is 38.8 Å². The van der Waals surface area contributed by atoms with Gasteiger partial charge in [0.1, 0.15) is 23.9 Å². The third kappa shape index (κ3) is 3.88. The number of alkyl halides is 1. The molecule has 31 heavy (non-hydrogen) atoms. The van der Waals surface area contributed by atoms with Crippen LogP contribution in [0, 0.1) is 6.92 Å². The number of hydrogen-bond acceptors (Lipinski definition) is 7. The number of ether oxygens (including phenoxy) is 2. The maximum Gasteiger partial charge on any atom is 0.410 e. The minimum atomic E-state index is -1.32. The Morgan fingerprint density at radius 1 is 1.26 bits per heavy atom. The molecule has 1 saturated carbocycles. The molecule has 2 aromatic heterocycles. The van der Waals surface area contributed by atoms with Crippen LogP contribution in [0.5, 0.6) is 5.88 Å². The smallest absolute Gasteiger partial charge is 0.410 e. The molecule has 9 heteroatoms. The van der Waals surface area contributed by atoms with E-state index in [1.165, 1.54) is 11.2 Å². The van der Waals surface area contributed by atoms with Gasteiger partial charge in [0.15, 0.2) is 6.17 Å². The fourth-order valence-corrected chi connectivity index (χ4v) is 4.12. The van der Waals surface area contributed by atoms with Crippen LogP contribution in [-0.2, 0) is 11.2 Å². The van der Waals surface area contributed by atoms with Crippen LogP contribution < -0.4 is 9.64 Å². The summed E-state index contributed by atoms with van der Waals surface area (Å²) in [5.41, 5.74) is 2.45. The molecule has 0 spiro atoms. The highest BCUT2D eigenvalue weighted by Crippen LogP contribution is 2.39. The van der Waals surface area contributed by atoms with Gasteiger partial charge in [-0.2, -0.15) is 0 Å². The van der Waals surface area contributed by atoms with Crippen LogP contribution in [0.4, 0.5) is 20.7 Å². The largest absolute Gasteiger partial charge is 0.471 e. The first-order chi connectivity index (χ1) is 14.9. The van der Waals surface area contributed by atoms with Crippen LogP contribution >= 0.6 is 0 Å². The van der Waals surface area contributed by atoms with Gasteiger partial charge in [0.25, 0.3) is 0 Å². The number of likely N-dealkylation sites (tertiary alicyclic amines) is 1. The van der Waals surface area contributed by atoms with Crippen molar-refractivity contribution in [2.45, 2.75) is 57.4 Å². The molecule has 0 bridgehead atoms. The zero-order valence-corrected chi connectivity index (χ0v) is 17.8. The molecule has 1 amide bonds. The number of anilines is 2. The van der Waals surface area contributed by atoms with Crippen LogP contribution in [0.2, 0.25) is 0 Å². The molecule has 3 aliphatic rings. The summed E-state index contributed by atoms with van der Waals surface area (Å²) < 4.78 is 26.3. The van der Waals surface area contributed by atoms with E-state index in [2.05, 4.69) is 19.9 Å². The monoisotopic (exact) mass is 427 g/mol. The molecule has 2 atom stereocenters. The van der Waals surface area contributed by atoms with Gasteiger partial charge in [0.05, 0.1) is 23.5 Å². The number of carbonyl (C=O) groups is 1. The molecule has 1 saturated heterocycles. The van der Waals surface area contributed by atoms with Gasteiger partial charge in [0, 0.05) is 32.1 Å². The van der Waals surface area contributed by atoms with E-state index < -0.39 is 18.4 Å². The fourth-order valence-electron chi connectivity index (χ4n) is 4.12. The van der Waals surface area contributed by atoms with Crippen molar-refractivity contribution in [2.75, 3.05) is 24.5 Å². The summed E-state index contributed by atoms with van der Waals surface area (Å²) in [6, 6.07) is 3.92. The number of aromatic nitrogens is 3. The molecule has 2 aromatic rings. The highest BCUT2D eigenvalue weighted by molar-refractivity contribution is 5.69. The summed E-state index contributed by atoms with van der Waals surface area (Å²) in [6.45, 7) is 4.91. The summed E-state index contributed by atoms with van der Waals surface area (Å²) in [5.74, 6) is 1.11. The van der Waals surface area contributed by atoms with E-state index in [1.807, 2.05) is 26.0 Å². The Hall–Kier alpha value is -2.97. The van der Waals surface area contributed by atoms with E-state index in [0.717, 1.165) is 48.6 Å². The zero-order chi connectivity index (χ0) is 21.6. The minimum absolute atomic E-state index is 0.0399. The Bertz CT molecular complexity index is 999. The van der Waals surface area contributed by atoms with Gasteiger partial charge < -0.3 is 19.3 Å². The van der Waals surface area contributed by atoms with E-state index in [0.29, 0.717) is 18.8 Å². The Kier molecular flexibility index (Phi) is 4.91. The maximum absolute atomic E-state index is 14.9. The lowest BCUT2D eigenvalue weighted by Gasteiger charge is -2.34. The summed E-state index contributed by atoms with van der Waals surface area (Å²) >= 11 is 0. The third-order valence-electron chi connectivity index (χ3n) is 6.29. The first kappa shape index (κ1) is 20.0. The predicted molar refractivity (Wildman–Crippen MR) is 111 cm³/mol. The first-order valence-corrected chi connectivity index (χ1v) is 10.8. The fraction of sp³-hybridized carbons (Fsp3) is 0.545. The number of fused-ring (bicyclic) bond motifs is 1. The SMILES string of the molecule is Cc1c(OC2CCN(C(=O)OC3(C)CC3)CC2F)ncnc1N1CCc2ncccc21. The van der Waals surface area contributed by atoms with Crippen molar-refractivity contribution in [1.82, 2.24) is 19.9 Å². The van der Waals surface area contributed by atoms with Gasteiger partial charge >= 0.3 is 6.09 Å². The lowest BCUT2D eigenvalue weighted by molar-refractivity contribution is 0.00202. The van der Waals surface area contributed by atoms with Crippen molar-refractivity contribution in [3.8, 4) is 5.88 Å². The molecule has 0 radical (unpaired) electrons. The highest BCUT2D eigenvalue weighted by Gasteiger charge is 2.44. The van der Waals surface area contributed by atoms with E-state index in [1.54, 1.807) is 6.20 Å². The highest BCUT2D eigenvalue weighted by atomic mass is 19.1. The molecule has 5 rings (SSSR count).